The van der Waals surface area contributed by atoms with Crippen LogP contribution in [0.4, 0.5) is 5.82 Å². The van der Waals surface area contributed by atoms with Gasteiger partial charge < -0.3 is 10.1 Å². The Morgan fingerprint density at radius 2 is 1.93 bits per heavy atom. The van der Waals surface area contributed by atoms with Crippen LogP contribution >= 0.6 is 11.3 Å². The van der Waals surface area contributed by atoms with Crippen LogP contribution in [0.3, 0.4) is 0 Å². The SMILES string of the molecule is Cc1cc(C)c(C)c(OCc2csc(C(=O)Nc3cc(C)nn3C(C)C)c2)c1. The lowest BCUT2D eigenvalue weighted by molar-refractivity contribution is 0.102. The Morgan fingerprint density at radius 1 is 1.18 bits per heavy atom. The summed E-state index contributed by atoms with van der Waals surface area (Å²) >= 11 is 1.42. The lowest BCUT2D eigenvalue weighted by Gasteiger charge is -2.12. The summed E-state index contributed by atoms with van der Waals surface area (Å²) in [5.41, 5.74) is 5.42. The fourth-order valence-electron chi connectivity index (χ4n) is 3.06. The maximum absolute atomic E-state index is 12.6. The van der Waals surface area contributed by atoms with Gasteiger partial charge in [-0.05, 0) is 75.7 Å². The number of ether oxygens (including phenoxy) is 1. The normalized spacial score (nSPS) is 11.1. The number of nitrogens with zero attached hydrogens (tertiary/aromatic N) is 2. The van der Waals surface area contributed by atoms with Crippen molar-refractivity contribution in [2.45, 2.75) is 54.2 Å². The number of rotatable bonds is 6. The summed E-state index contributed by atoms with van der Waals surface area (Å²) in [5, 5.41) is 9.37. The van der Waals surface area contributed by atoms with Gasteiger partial charge in [-0.3, -0.25) is 4.79 Å². The van der Waals surface area contributed by atoms with Gasteiger partial charge in [0.05, 0.1) is 10.6 Å². The molecular weight excluding hydrogens is 370 g/mol. The van der Waals surface area contributed by atoms with Crippen LogP contribution in [0.25, 0.3) is 0 Å². The summed E-state index contributed by atoms with van der Waals surface area (Å²) in [6.45, 7) is 12.7. The van der Waals surface area contributed by atoms with E-state index in [9.17, 15) is 4.79 Å². The molecular formula is C22H27N3O2S. The number of benzene rings is 1. The van der Waals surface area contributed by atoms with Crippen molar-refractivity contribution in [3.8, 4) is 5.75 Å². The highest BCUT2D eigenvalue weighted by Gasteiger charge is 2.15. The molecule has 1 amide bonds. The number of amides is 1. The maximum Gasteiger partial charge on any atom is 0.266 e. The van der Waals surface area contributed by atoms with Crippen LogP contribution in [0.15, 0.2) is 29.6 Å². The Morgan fingerprint density at radius 3 is 2.64 bits per heavy atom. The van der Waals surface area contributed by atoms with Gasteiger partial charge in [0, 0.05) is 17.7 Å². The molecule has 28 heavy (non-hydrogen) atoms. The van der Waals surface area contributed by atoms with Crippen molar-refractivity contribution in [1.82, 2.24) is 9.78 Å². The number of nitrogens with one attached hydrogen (secondary N) is 1. The van der Waals surface area contributed by atoms with Crippen molar-refractivity contribution < 1.29 is 9.53 Å². The molecule has 0 fully saturated rings. The maximum atomic E-state index is 12.6. The van der Waals surface area contributed by atoms with E-state index in [1.807, 2.05) is 43.0 Å². The van der Waals surface area contributed by atoms with Crippen LogP contribution in [-0.4, -0.2) is 15.7 Å². The molecule has 2 heterocycles. The fraction of sp³-hybridized carbons (Fsp3) is 0.364. The minimum Gasteiger partial charge on any atom is -0.489 e. The molecule has 1 aromatic carbocycles. The second-order valence-electron chi connectivity index (χ2n) is 7.48. The standard InChI is InChI=1S/C22H27N3O2S/c1-13(2)25-21(9-16(5)24-25)23-22(26)20-10-18(12-28-20)11-27-19-8-14(3)7-15(4)17(19)6/h7-10,12-13H,11H2,1-6H3,(H,23,26). The van der Waals surface area contributed by atoms with Crippen molar-refractivity contribution in [2.24, 2.45) is 0 Å². The Labute approximate surface area is 170 Å². The molecule has 1 N–H and O–H groups in total. The third kappa shape index (κ3) is 4.44. The lowest BCUT2D eigenvalue weighted by Crippen LogP contribution is -2.15. The summed E-state index contributed by atoms with van der Waals surface area (Å²) < 4.78 is 7.84. The highest BCUT2D eigenvalue weighted by Crippen LogP contribution is 2.25. The highest BCUT2D eigenvalue weighted by atomic mass is 32.1. The largest absolute Gasteiger partial charge is 0.489 e. The second-order valence-corrected chi connectivity index (χ2v) is 8.39. The molecule has 0 bridgehead atoms. The molecule has 0 spiro atoms. The van der Waals surface area contributed by atoms with Crippen LogP contribution in [-0.2, 0) is 6.61 Å². The monoisotopic (exact) mass is 397 g/mol. The average molecular weight is 398 g/mol. The number of aryl methyl sites for hydroxylation is 3. The molecule has 3 aromatic rings. The number of thiophene rings is 1. The molecule has 2 aromatic heterocycles. The fourth-order valence-corrected chi connectivity index (χ4v) is 3.86. The van der Waals surface area contributed by atoms with Crippen molar-refractivity contribution in [1.29, 1.82) is 0 Å². The first-order valence-electron chi connectivity index (χ1n) is 9.40. The molecule has 148 valence electrons. The highest BCUT2D eigenvalue weighted by molar-refractivity contribution is 7.12. The predicted molar refractivity (Wildman–Crippen MR) is 115 cm³/mol. The van der Waals surface area contributed by atoms with Crippen molar-refractivity contribution >= 4 is 23.1 Å². The number of aromatic nitrogens is 2. The quantitative estimate of drug-likeness (QED) is 0.590. The lowest BCUT2D eigenvalue weighted by atomic mass is 10.1. The first-order chi connectivity index (χ1) is 13.2. The van der Waals surface area contributed by atoms with Gasteiger partial charge in [0.15, 0.2) is 0 Å². The van der Waals surface area contributed by atoms with E-state index < -0.39 is 0 Å². The first-order valence-corrected chi connectivity index (χ1v) is 10.3. The van der Waals surface area contributed by atoms with Gasteiger partial charge in [0.2, 0.25) is 0 Å². The Hall–Kier alpha value is -2.60. The van der Waals surface area contributed by atoms with Crippen LogP contribution in [0, 0.1) is 27.7 Å². The summed E-state index contributed by atoms with van der Waals surface area (Å²) in [6.07, 6.45) is 0. The Balaban J connectivity index is 1.68. The Bertz CT molecular complexity index is 1000. The average Bonchev–Trinajstić information content (AvgIpc) is 3.23. The topological polar surface area (TPSA) is 56.1 Å². The van der Waals surface area contributed by atoms with E-state index in [1.54, 1.807) is 0 Å². The molecule has 3 rings (SSSR count). The molecule has 0 saturated carbocycles. The van der Waals surface area contributed by atoms with E-state index in [2.05, 4.69) is 43.3 Å². The van der Waals surface area contributed by atoms with E-state index in [1.165, 1.54) is 22.5 Å². The molecule has 0 radical (unpaired) electrons. The van der Waals surface area contributed by atoms with E-state index in [0.717, 1.165) is 28.4 Å². The summed E-state index contributed by atoms with van der Waals surface area (Å²) in [7, 11) is 0. The molecule has 5 nitrogen and oxygen atoms in total. The van der Waals surface area contributed by atoms with Crippen LogP contribution < -0.4 is 10.1 Å². The predicted octanol–water partition coefficient (Wildman–Crippen LogP) is 5.59. The number of anilines is 1. The van der Waals surface area contributed by atoms with Gasteiger partial charge in [-0.2, -0.15) is 5.10 Å². The number of hydrogen-bond acceptors (Lipinski definition) is 4. The van der Waals surface area contributed by atoms with Crippen LogP contribution in [0.1, 0.15) is 57.5 Å². The third-order valence-corrected chi connectivity index (χ3v) is 5.60. The van der Waals surface area contributed by atoms with Gasteiger partial charge >= 0.3 is 0 Å². The number of carbonyl (C=O) groups is 1. The smallest absolute Gasteiger partial charge is 0.266 e. The third-order valence-electron chi connectivity index (χ3n) is 4.62. The zero-order chi connectivity index (χ0) is 20.4. The molecule has 0 aliphatic carbocycles. The molecule has 6 heteroatoms. The summed E-state index contributed by atoms with van der Waals surface area (Å²) in [5.74, 6) is 1.49. The minimum atomic E-state index is -0.124. The van der Waals surface area contributed by atoms with E-state index in [-0.39, 0.29) is 11.9 Å². The molecule has 0 atom stereocenters. The van der Waals surface area contributed by atoms with Crippen molar-refractivity contribution in [2.75, 3.05) is 5.32 Å². The van der Waals surface area contributed by atoms with E-state index >= 15 is 0 Å². The first kappa shape index (κ1) is 20.1. The van der Waals surface area contributed by atoms with Gasteiger partial charge in [-0.25, -0.2) is 4.68 Å². The van der Waals surface area contributed by atoms with Crippen molar-refractivity contribution in [3.05, 3.63) is 62.5 Å². The van der Waals surface area contributed by atoms with Gasteiger partial charge in [-0.15, -0.1) is 11.3 Å². The summed E-state index contributed by atoms with van der Waals surface area (Å²) in [4.78, 5) is 13.3. The zero-order valence-corrected chi connectivity index (χ0v) is 18.1. The zero-order valence-electron chi connectivity index (χ0n) is 17.3. The van der Waals surface area contributed by atoms with Crippen molar-refractivity contribution in [3.63, 3.8) is 0 Å². The van der Waals surface area contributed by atoms with E-state index in [4.69, 9.17) is 4.74 Å². The molecule has 0 aliphatic heterocycles. The summed E-state index contributed by atoms with van der Waals surface area (Å²) in [6, 6.07) is 8.16. The minimum absolute atomic E-state index is 0.124. The number of hydrogen-bond donors (Lipinski definition) is 1. The molecule has 0 unspecified atom stereocenters. The second kappa shape index (κ2) is 8.19. The Kier molecular flexibility index (Phi) is 5.89. The van der Waals surface area contributed by atoms with Gasteiger partial charge in [0.1, 0.15) is 18.2 Å². The van der Waals surface area contributed by atoms with Gasteiger partial charge in [-0.1, -0.05) is 6.07 Å². The van der Waals surface area contributed by atoms with Crippen LogP contribution in [0.5, 0.6) is 5.75 Å². The number of carbonyl (C=O) groups excluding carboxylic acids is 1. The molecule has 0 saturated heterocycles. The molecule has 0 aliphatic rings. The van der Waals surface area contributed by atoms with Gasteiger partial charge in [0.25, 0.3) is 5.91 Å². The van der Waals surface area contributed by atoms with Crippen LogP contribution in [0.2, 0.25) is 0 Å². The van der Waals surface area contributed by atoms with E-state index in [0.29, 0.717) is 11.5 Å².